The minimum atomic E-state index is -0.381. The molecule has 1 aliphatic heterocycles. The molecular formula is C23H25N5O3. The van der Waals surface area contributed by atoms with E-state index >= 15 is 0 Å². The van der Waals surface area contributed by atoms with Gasteiger partial charge in [-0.15, -0.1) is 0 Å². The molecule has 0 atom stereocenters. The van der Waals surface area contributed by atoms with E-state index in [1.807, 2.05) is 62.1 Å². The Kier molecular flexibility index (Phi) is 5.46. The van der Waals surface area contributed by atoms with Gasteiger partial charge in [0.1, 0.15) is 5.69 Å². The highest BCUT2D eigenvalue weighted by Gasteiger charge is 2.25. The summed E-state index contributed by atoms with van der Waals surface area (Å²) in [6.45, 7) is 8.25. The first kappa shape index (κ1) is 20.6. The number of nitro benzene ring substituents is 1. The van der Waals surface area contributed by atoms with Gasteiger partial charge in [-0.2, -0.15) is 5.10 Å². The largest absolute Gasteiger partial charge is 0.368 e. The molecule has 0 spiro atoms. The minimum absolute atomic E-state index is 0.0168. The van der Waals surface area contributed by atoms with E-state index in [2.05, 4.69) is 10.00 Å². The predicted molar refractivity (Wildman–Crippen MR) is 119 cm³/mol. The van der Waals surface area contributed by atoms with Crippen molar-refractivity contribution in [1.29, 1.82) is 0 Å². The third-order valence-electron chi connectivity index (χ3n) is 5.62. The molecule has 0 N–H and O–H groups in total. The SMILES string of the molecule is Cc1ccc(C(=O)N2CCN(c3ccc([N+](=O)[O-])c(-n4nc(C)cc4C)c3)CC2)cc1. The summed E-state index contributed by atoms with van der Waals surface area (Å²) in [4.78, 5) is 28.0. The third-order valence-corrected chi connectivity index (χ3v) is 5.62. The van der Waals surface area contributed by atoms with Gasteiger partial charge >= 0.3 is 0 Å². The molecule has 0 saturated carbocycles. The van der Waals surface area contributed by atoms with Crippen molar-refractivity contribution in [3.8, 4) is 5.69 Å². The summed E-state index contributed by atoms with van der Waals surface area (Å²) in [6.07, 6.45) is 0. The van der Waals surface area contributed by atoms with Gasteiger partial charge in [-0.25, -0.2) is 4.68 Å². The van der Waals surface area contributed by atoms with Crippen molar-refractivity contribution in [2.24, 2.45) is 0 Å². The van der Waals surface area contributed by atoms with Crippen LogP contribution in [0.15, 0.2) is 48.5 Å². The Morgan fingerprint density at radius 2 is 1.65 bits per heavy atom. The van der Waals surface area contributed by atoms with Crippen LogP contribution in [0, 0.1) is 30.9 Å². The first-order valence-corrected chi connectivity index (χ1v) is 10.3. The van der Waals surface area contributed by atoms with Crippen LogP contribution in [0.25, 0.3) is 5.69 Å². The number of carbonyl (C=O) groups excluding carboxylic acids is 1. The molecule has 160 valence electrons. The van der Waals surface area contributed by atoms with E-state index in [-0.39, 0.29) is 16.5 Å². The maximum atomic E-state index is 12.8. The number of aryl methyl sites for hydroxylation is 3. The molecule has 4 rings (SSSR count). The van der Waals surface area contributed by atoms with Gasteiger partial charge in [0.2, 0.25) is 0 Å². The third kappa shape index (κ3) is 4.14. The second kappa shape index (κ2) is 8.22. The van der Waals surface area contributed by atoms with Crippen molar-refractivity contribution in [3.05, 3.63) is 81.2 Å². The Bertz CT molecular complexity index is 1130. The monoisotopic (exact) mass is 419 g/mol. The summed E-state index contributed by atoms with van der Waals surface area (Å²) in [5, 5.41) is 16.0. The van der Waals surface area contributed by atoms with E-state index in [0.717, 1.165) is 22.6 Å². The molecular weight excluding hydrogens is 394 g/mol. The van der Waals surface area contributed by atoms with Gasteiger partial charge in [0.05, 0.1) is 10.6 Å². The summed E-state index contributed by atoms with van der Waals surface area (Å²) < 4.78 is 1.62. The van der Waals surface area contributed by atoms with Gasteiger partial charge in [-0.1, -0.05) is 17.7 Å². The van der Waals surface area contributed by atoms with Gasteiger partial charge < -0.3 is 9.80 Å². The van der Waals surface area contributed by atoms with Crippen molar-refractivity contribution in [2.75, 3.05) is 31.1 Å². The molecule has 1 aromatic heterocycles. The zero-order valence-electron chi connectivity index (χ0n) is 17.9. The van der Waals surface area contributed by atoms with Gasteiger partial charge in [0, 0.05) is 49.2 Å². The Labute approximate surface area is 180 Å². The van der Waals surface area contributed by atoms with Crippen LogP contribution < -0.4 is 4.90 Å². The van der Waals surface area contributed by atoms with Crippen LogP contribution in [0.5, 0.6) is 0 Å². The number of nitrogens with zero attached hydrogens (tertiary/aromatic N) is 5. The lowest BCUT2D eigenvalue weighted by atomic mass is 10.1. The summed E-state index contributed by atoms with van der Waals surface area (Å²) in [5.41, 5.74) is 4.82. The van der Waals surface area contributed by atoms with Crippen molar-refractivity contribution in [1.82, 2.24) is 14.7 Å². The molecule has 31 heavy (non-hydrogen) atoms. The highest BCUT2D eigenvalue weighted by molar-refractivity contribution is 5.94. The van der Waals surface area contributed by atoms with Crippen molar-refractivity contribution in [2.45, 2.75) is 20.8 Å². The van der Waals surface area contributed by atoms with Crippen molar-refractivity contribution >= 4 is 17.3 Å². The molecule has 1 fully saturated rings. The topological polar surface area (TPSA) is 84.5 Å². The van der Waals surface area contributed by atoms with E-state index < -0.39 is 0 Å². The quantitative estimate of drug-likeness (QED) is 0.476. The number of carbonyl (C=O) groups is 1. The minimum Gasteiger partial charge on any atom is -0.368 e. The fourth-order valence-corrected chi connectivity index (χ4v) is 3.95. The van der Waals surface area contributed by atoms with E-state index in [4.69, 9.17) is 0 Å². The van der Waals surface area contributed by atoms with Gasteiger partial charge in [-0.3, -0.25) is 14.9 Å². The number of nitro groups is 1. The summed E-state index contributed by atoms with van der Waals surface area (Å²) in [5.74, 6) is 0.0340. The zero-order chi connectivity index (χ0) is 22.1. The molecule has 3 aromatic rings. The lowest BCUT2D eigenvalue weighted by Crippen LogP contribution is -2.48. The van der Waals surface area contributed by atoms with Gasteiger partial charge in [0.25, 0.3) is 11.6 Å². The highest BCUT2D eigenvalue weighted by Crippen LogP contribution is 2.30. The number of hydrogen-bond acceptors (Lipinski definition) is 5. The first-order chi connectivity index (χ1) is 14.8. The van der Waals surface area contributed by atoms with Gasteiger partial charge in [0.15, 0.2) is 0 Å². The number of hydrogen-bond donors (Lipinski definition) is 0. The molecule has 8 nitrogen and oxygen atoms in total. The predicted octanol–water partition coefficient (Wildman–Crippen LogP) is 3.67. The standard InChI is InChI=1S/C23H25N5O3/c1-16-4-6-19(7-5-16)23(29)26-12-10-25(11-13-26)20-8-9-21(28(30)31)22(15-20)27-18(3)14-17(2)24-27/h4-9,14-15H,10-13H2,1-3H3. The smallest absolute Gasteiger partial charge is 0.295 e. The van der Waals surface area contributed by atoms with Crippen LogP contribution in [-0.4, -0.2) is 51.7 Å². The summed E-state index contributed by atoms with van der Waals surface area (Å²) in [7, 11) is 0. The van der Waals surface area contributed by atoms with E-state index in [9.17, 15) is 14.9 Å². The van der Waals surface area contributed by atoms with Crippen LogP contribution in [0.1, 0.15) is 27.3 Å². The van der Waals surface area contributed by atoms with Crippen LogP contribution in [0.4, 0.5) is 11.4 Å². The Balaban J connectivity index is 1.54. The van der Waals surface area contributed by atoms with Crippen LogP contribution in [0.2, 0.25) is 0 Å². The number of benzene rings is 2. The number of rotatable bonds is 4. The summed E-state index contributed by atoms with van der Waals surface area (Å²) in [6, 6.07) is 14.6. The fraction of sp³-hybridized carbons (Fsp3) is 0.304. The van der Waals surface area contributed by atoms with E-state index in [0.29, 0.717) is 37.4 Å². The molecule has 0 aliphatic carbocycles. The lowest BCUT2D eigenvalue weighted by molar-refractivity contribution is -0.384. The fourth-order valence-electron chi connectivity index (χ4n) is 3.95. The number of aromatic nitrogens is 2. The van der Waals surface area contributed by atoms with Crippen LogP contribution >= 0.6 is 0 Å². The average Bonchev–Trinajstić information content (AvgIpc) is 3.11. The van der Waals surface area contributed by atoms with Crippen LogP contribution in [0.3, 0.4) is 0 Å². The van der Waals surface area contributed by atoms with Gasteiger partial charge in [-0.05, 0) is 51.1 Å². The number of amides is 1. The average molecular weight is 419 g/mol. The molecule has 2 heterocycles. The highest BCUT2D eigenvalue weighted by atomic mass is 16.6. The second-order valence-electron chi connectivity index (χ2n) is 7.91. The normalized spacial score (nSPS) is 14.0. The molecule has 2 aromatic carbocycles. The van der Waals surface area contributed by atoms with Crippen molar-refractivity contribution < 1.29 is 9.72 Å². The first-order valence-electron chi connectivity index (χ1n) is 10.3. The zero-order valence-corrected chi connectivity index (χ0v) is 17.9. The van der Waals surface area contributed by atoms with E-state index in [1.54, 1.807) is 10.7 Å². The Hall–Kier alpha value is -3.68. The van der Waals surface area contributed by atoms with Crippen molar-refractivity contribution in [3.63, 3.8) is 0 Å². The maximum absolute atomic E-state index is 12.8. The second-order valence-corrected chi connectivity index (χ2v) is 7.91. The molecule has 1 saturated heterocycles. The number of anilines is 1. The molecule has 8 heteroatoms. The summed E-state index contributed by atoms with van der Waals surface area (Å²) >= 11 is 0. The molecule has 0 unspecified atom stereocenters. The molecule has 1 amide bonds. The Morgan fingerprint density at radius 3 is 2.23 bits per heavy atom. The molecule has 1 aliphatic rings. The van der Waals surface area contributed by atoms with Crippen LogP contribution in [-0.2, 0) is 0 Å². The molecule has 0 bridgehead atoms. The maximum Gasteiger partial charge on any atom is 0.295 e. The molecule has 0 radical (unpaired) electrons. The lowest BCUT2D eigenvalue weighted by Gasteiger charge is -2.36. The van der Waals surface area contributed by atoms with E-state index in [1.165, 1.54) is 6.07 Å². The Morgan fingerprint density at radius 1 is 0.968 bits per heavy atom. The number of piperazine rings is 1.